The third kappa shape index (κ3) is 3.91. The topological polar surface area (TPSA) is 50.7 Å². The summed E-state index contributed by atoms with van der Waals surface area (Å²) >= 11 is 17.9. The summed E-state index contributed by atoms with van der Waals surface area (Å²) in [4.78, 5) is 12.1. The molecule has 2 aromatic rings. The van der Waals surface area contributed by atoms with Crippen molar-refractivity contribution in [1.82, 2.24) is 5.43 Å². The minimum Gasteiger partial charge on any atom is -0.496 e. The van der Waals surface area contributed by atoms with E-state index in [2.05, 4.69) is 10.5 Å². The van der Waals surface area contributed by atoms with Crippen molar-refractivity contribution in [2.45, 2.75) is 0 Å². The molecule has 4 nitrogen and oxygen atoms in total. The average Bonchev–Trinajstić information content (AvgIpc) is 2.50. The number of rotatable bonds is 4. The van der Waals surface area contributed by atoms with Gasteiger partial charge in [0.05, 0.1) is 28.9 Å². The van der Waals surface area contributed by atoms with Crippen molar-refractivity contribution in [3.63, 3.8) is 0 Å². The van der Waals surface area contributed by atoms with Crippen molar-refractivity contribution in [3.8, 4) is 5.75 Å². The van der Waals surface area contributed by atoms with Crippen molar-refractivity contribution in [2.24, 2.45) is 5.10 Å². The lowest BCUT2D eigenvalue weighted by atomic mass is 10.2. The summed E-state index contributed by atoms with van der Waals surface area (Å²) in [6, 6.07) is 9.80. The first kappa shape index (κ1) is 16.6. The highest BCUT2D eigenvalue weighted by atomic mass is 35.5. The van der Waals surface area contributed by atoms with Gasteiger partial charge in [0, 0.05) is 10.6 Å². The number of hydrogen-bond donors (Lipinski definition) is 1. The second kappa shape index (κ2) is 7.49. The third-order valence-electron chi connectivity index (χ3n) is 2.77. The van der Waals surface area contributed by atoms with Crippen LogP contribution in [0.2, 0.25) is 15.1 Å². The lowest BCUT2D eigenvalue weighted by Crippen LogP contribution is -2.18. The Kier molecular flexibility index (Phi) is 5.66. The molecular weight excluding hydrogens is 347 g/mol. The van der Waals surface area contributed by atoms with Gasteiger partial charge in [-0.3, -0.25) is 4.79 Å². The summed E-state index contributed by atoms with van der Waals surface area (Å²) in [5, 5.41) is 5.14. The average molecular weight is 358 g/mol. The summed E-state index contributed by atoms with van der Waals surface area (Å²) in [6.07, 6.45) is 1.37. The second-order valence-electron chi connectivity index (χ2n) is 4.18. The van der Waals surface area contributed by atoms with E-state index in [0.29, 0.717) is 26.4 Å². The molecular formula is C15H11Cl3N2O2. The number of hydrazone groups is 1. The molecule has 0 aliphatic carbocycles. The number of carbonyl (C=O) groups is 1. The number of nitrogens with one attached hydrogen (secondary N) is 1. The summed E-state index contributed by atoms with van der Waals surface area (Å²) in [5.41, 5.74) is 3.17. The first-order valence-corrected chi connectivity index (χ1v) is 7.27. The molecule has 0 saturated carbocycles. The maximum Gasteiger partial charge on any atom is 0.275 e. The van der Waals surface area contributed by atoms with Gasteiger partial charge >= 0.3 is 0 Å². The van der Waals surface area contributed by atoms with Gasteiger partial charge < -0.3 is 4.74 Å². The molecule has 0 bridgehead atoms. The quantitative estimate of drug-likeness (QED) is 0.650. The molecule has 0 aromatic heterocycles. The van der Waals surface area contributed by atoms with Crippen LogP contribution >= 0.6 is 34.8 Å². The monoisotopic (exact) mass is 356 g/mol. The standard InChI is InChI=1S/C15H11Cl3N2O2/c1-22-14-6-5-9(16)7-10(14)15(21)20-19-8-11-12(17)3-2-4-13(11)18/h2-8H,1H3,(H,20,21)/b19-8+. The van der Waals surface area contributed by atoms with Crippen molar-refractivity contribution >= 4 is 46.9 Å². The highest BCUT2D eigenvalue weighted by Gasteiger charge is 2.12. The molecule has 0 aliphatic heterocycles. The van der Waals surface area contributed by atoms with Crippen molar-refractivity contribution in [3.05, 3.63) is 62.6 Å². The van der Waals surface area contributed by atoms with E-state index in [9.17, 15) is 4.79 Å². The van der Waals surface area contributed by atoms with Gasteiger partial charge in [-0.2, -0.15) is 5.10 Å². The van der Waals surface area contributed by atoms with Crippen LogP contribution in [0, 0.1) is 0 Å². The van der Waals surface area contributed by atoms with Crippen LogP contribution in [0.1, 0.15) is 15.9 Å². The Morgan fingerprint density at radius 3 is 2.50 bits per heavy atom. The molecule has 0 unspecified atom stereocenters. The Morgan fingerprint density at radius 2 is 1.86 bits per heavy atom. The minimum absolute atomic E-state index is 0.275. The number of nitrogens with zero attached hydrogens (tertiary/aromatic N) is 1. The Hall–Kier alpha value is -1.75. The molecule has 22 heavy (non-hydrogen) atoms. The van der Waals surface area contributed by atoms with Crippen LogP contribution < -0.4 is 10.2 Å². The zero-order valence-corrected chi connectivity index (χ0v) is 13.7. The Balaban J connectivity index is 2.17. The van der Waals surface area contributed by atoms with Crippen LogP contribution in [0.3, 0.4) is 0 Å². The molecule has 0 aliphatic rings. The maximum absolute atomic E-state index is 12.1. The normalized spacial score (nSPS) is 10.7. The van der Waals surface area contributed by atoms with Crippen LogP contribution in [0.15, 0.2) is 41.5 Å². The van der Waals surface area contributed by atoms with Crippen molar-refractivity contribution in [2.75, 3.05) is 7.11 Å². The molecule has 2 aromatic carbocycles. The van der Waals surface area contributed by atoms with Crippen molar-refractivity contribution < 1.29 is 9.53 Å². The number of benzene rings is 2. The molecule has 114 valence electrons. The van der Waals surface area contributed by atoms with Crippen molar-refractivity contribution in [1.29, 1.82) is 0 Å². The largest absolute Gasteiger partial charge is 0.496 e. The number of ether oxygens (including phenoxy) is 1. The molecule has 0 spiro atoms. The van der Waals surface area contributed by atoms with Gasteiger partial charge in [0.15, 0.2) is 0 Å². The fourth-order valence-electron chi connectivity index (χ4n) is 1.71. The fraction of sp³-hybridized carbons (Fsp3) is 0.0667. The smallest absolute Gasteiger partial charge is 0.275 e. The molecule has 1 N–H and O–H groups in total. The first-order valence-electron chi connectivity index (χ1n) is 6.14. The highest BCUT2D eigenvalue weighted by molar-refractivity contribution is 6.38. The van der Waals surface area contributed by atoms with Gasteiger partial charge in [-0.15, -0.1) is 0 Å². The van der Waals surface area contributed by atoms with E-state index < -0.39 is 5.91 Å². The van der Waals surface area contributed by atoms with E-state index in [1.807, 2.05) is 0 Å². The molecule has 0 fully saturated rings. The molecule has 0 saturated heterocycles. The number of halogens is 3. The van der Waals surface area contributed by atoms with Crippen LogP contribution in [0.4, 0.5) is 0 Å². The lowest BCUT2D eigenvalue weighted by Gasteiger charge is -2.07. The summed E-state index contributed by atoms with van der Waals surface area (Å²) in [6.45, 7) is 0. The van der Waals surface area contributed by atoms with Gasteiger partial charge in [-0.1, -0.05) is 40.9 Å². The summed E-state index contributed by atoms with van der Waals surface area (Å²) in [7, 11) is 1.47. The zero-order chi connectivity index (χ0) is 16.1. The predicted molar refractivity (Wildman–Crippen MR) is 89.5 cm³/mol. The lowest BCUT2D eigenvalue weighted by molar-refractivity contribution is 0.0952. The number of carbonyl (C=O) groups excluding carboxylic acids is 1. The van der Waals surface area contributed by atoms with Gasteiger partial charge in [0.1, 0.15) is 5.75 Å². The highest BCUT2D eigenvalue weighted by Crippen LogP contribution is 2.23. The van der Waals surface area contributed by atoms with E-state index in [-0.39, 0.29) is 5.56 Å². The van der Waals surface area contributed by atoms with Gasteiger partial charge in [-0.25, -0.2) is 5.43 Å². The minimum atomic E-state index is -0.459. The van der Waals surface area contributed by atoms with Crippen LogP contribution in [-0.4, -0.2) is 19.2 Å². The Morgan fingerprint density at radius 1 is 1.18 bits per heavy atom. The number of methoxy groups -OCH3 is 1. The molecule has 1 amide bonds. The molecule has 2 rings (SSSR count). The Bertz CT molecular complexity index is 712. The number of hydrogen-bond acceptors (Lipinski definition) is 3. The van der Waals surface area contributed by atoms with Crippen LogP contribution in [0.25, 0.3) is 0 Å². The van der Waals surface area contributed by atoms with E-state index >= 15 is 0 Å². The van der Waals surface area contributed by atoms with Gasteiger partial charge in [0.2, 0.25) is 0 Å². The predicted octanol–water partition coefficient (Wildman–Crippen LogP) is 4.42. The van der Waals surface area contributed by atoms with E-state index in [0.717, 1.165) is 0 Å². The van der Waals surface area contributed by atoms with E-state index in [1.165, 1.54) is 19.4 Å². The zero-order valence-electron chi connectivity index (χ0n) is 11.4. The van der Waals surface area contributed by atoms with E-state index in [4.69, 9.17) is 39.5 Å². The summed E-state index contributed by atoms with van der Waals surface area (Å²) < 4.78 is 5.11. The Labute approximate surface area is 142 Å². The van der Waals surface area contributed by atoms with Crippen LogP contribution in [0.5, 0.6) is 5.75 Å². The fourth-order valence-corrected chi connectivity index (χ4v) is 2.37. The second-order valence-corrected chi connectivity index (χ2v) is 5.43. The summed E-state index contributed by atoms with van der Waals surface area (Å²) in [5.74, 6) is -0.0633. The molecule has 0 radical (unpaired) electrons. The van der Waals surface area contributed by atoms with E-state index in [1.54, 1.807) is 30.3 Å². The number of amides is 1. The first-order chi connectivity index (χ1) is 10.5. The maximum atomic E-state index is 12.1. The third-order valence-corrected chi connectivity index (χ3v) is 3.66. The molecule has 0 heterocycles. The molecule has 0 atom stereocenters. The molecule has 7 heteroatoms. The van der Waals surface area contributed by atoms with Crippen LogP contribution in [-0.2, 0) is 0 Å². The van der Waals surface area contributed by atoms with Gasteiger partial charge in [-0.05, 0) is 30.3 Å². The van der Waals surface area contributed by atoms with Gasteiger partial charge in [0.25, 0.3) is 5.91 Å². The SMILES string of the molecule is COc1ccc(Cl)cc1C(=O)N/N=C/c1c(Cl)cccc1Cl.